The molecule has 11 nitrogen and oxygen atoms in total. The summed E-state index contributed by atoms with van der Waals surface area (Å²) in [5.74, 6) is -1.11. The number of ether oxygens (including phenoxy) is 2. The van der Waals surface area contributed by atoms with Gasteiger partial charge in [-0.3, -0.25) is 14.4 Å². The van der Waals surface area contributed by atoms with Crippen LogP contribution in [-0.2, 0) is 40.9 Å². The Labute approximate surface area is 257 Å². The highest BCUT2D eigenvalue weighted by Crippen LogP contribution is 2.21. The molecular formula is C30H46O11Si2. The molecule has 0 atom stereocenters. The third-order valence-electron chi connectivity index (χ3n) is 5.00. The van der Waals surface area contributed by atoms with Crippen LogP contribution in [0.4, 0.5) is 0 Å². The van der Waals surface area contributed by atoms with Crippen LogP contribution < -0.4 is 19.8 Å². The van der Waals surface area contributed by atoms with Crippen molar-refractivity contribution in [2.45, 2.75) is 81.4 Å². The lowest BCUT2D eigenvalue weighted by molar-refractivity contribution is -0.146. The third kappa shape index (κ3) is 12.1. The van der Waals surface area contributed by atoms with E-state index in [1.54, 1.807) is 24.3 Å². The molecule has 0 unspecified atom stereocenters. The van der Waals surface area contributed by atoms with Crippen molar-refractivity contribution >= 4 is 45.9 Å². The molecular weight excluding hydrogens is 592 g/mol. The number of rotatable bonds is 15. The fraction of sp³-hybridized carbons (Fsp3) is 0.500. The Bertz CT molecular complexity index is 1110. The van der Waals surface area contributed by atoms with E-state index < -0.39 is 35.5 Å². The highest BCUT2D eigenvalue weighted by molar-refractivity contribution is 6.79. The summed E-state index contributed by atoms with van der Waals surface area (Å²) in [7, 11) is -7.05. The van der Waals surface area contributed by atoms with Crippen LogP contribution in [0.5, 0.6) is 11.5 Å². The van der Waals surface area contributed by atoms with E-state index in [9.17, 15) is 14.4 Å². The molecule has 0 amide bonds. The van der Waals surface area contributed by atoms with E-state index >= 15 is 0 Å². The molecule has 0 saturated carbocycles. The van der Waals surface area contributed by atoms with E-state index in [0.29, 0.717) is 25.6 Å². The van der Waals surface area contributed by atoms with Crippen molar-refractivity contribution in [3.63, 3.8) is 0 Å². The molecule has 2 aromatic carbocycles. The molecule has 0 radical (unpaired) electrons. The predicted octanol–water partition coefficient (Wildman–Crippen LogP) is 4.04. The molecule has 2 aromatic rings. The van der Waals surface area contributed by atoms with Crippen LogP contribution >= 0.6 is 0 Å². The van der Waals surface area contributed by atoms with Gasteiger partial charge in [0.1, 0.15) is 16.7 Å². The second-order valence-corrected chi connectivity index (χ2v) is 14.3. The largest absolute Gasteiger partial charge is 0.746 e. The summed E-state index contributed by atoms with van der Waals surface area (Å²) in [6.45, 7) is 18.5. The number of carbonyl (C=O) groups is 3. The lowest BCUT2D eigenvalue weighted by Gasteiger charge is -2.30. The predicted molar refractivity (Wildman–Crippen MR) is 165 cm³/mol. The average molecular weight is 639 g/mol. The van der Waals surface area contributed by atoms with Gasteiger partial charge in [-0.15, -0.1) is 0 Å². The standard InChI is InChI=1S/C15H20O7Si.C15H26O4Si/c1-10(2)19-14-8-6-7-9-15(14)23(20-11(3)16,21-12(4)17)22-13(5)18;1-6-16-20(17-7-2,18-8-3)15-12-10-9-11-14(15)19-13(4)5/h6-10H,1-5H3;9-13H,6-8H2,1-5H3. The molecule has 0 aliphatic heterocycles. The Morgan fingerprint density at radius 3 is 1.14 bits per heavy atom. The zero-order chi connectivity index (χ0) is 32.6. The third-order valence-corrected chi connectivity index (χ3v) is 10.8. The number of benzene rings is 2. The van der Waals surface area contributed by atoms with Crippen LogP contribution in [0.1, 0.15) is 69.2 Å². The molecule has 0 bridgehead atoms. The molecule has 2 rings (SSSR count). The van der Waals surface area contributed by atoms with Gasteiger partial charge in [0.15, 0.2) is 0 Å². The van der Waals surface area contributed by atoms with Crippen LogP contribution in [0.2, 0.25) is 0 Å². The summed E-state index contributed by atoms with van der Waals surface area (Å²) in [4.78, 5) is 34.6. The van der Waals surface area contributed by atoms with Gasteiger partial charge >= 0.3 is 17.6 Å². The molecule has 0 spiro atoms. The maximum Gasteiger partial charge on any atom is 0.746 e. The number of hydrogen-bond acceptors (Lipinski definition) is 11. The first-order chi connectivity index (χ1) is 20.3. The van der Waals surface area contributed by atoms with Crippen molar-refractivity contribution in [1.29, 1.82) is 0 Å². The van der Waals surface area contributed by atoms with Gasteiger partial charge in [0.25, 0.3) is 17.9 Å². The minimum Gasteiger partial charge on any atom is -0.491 e. The average Bonchev–Trinajstić information content (AvgIpc) is 2.88. The normalized spacial score (nSPS) is 11.3. The fourth-order valence-corrected chi connectivity index (χ4v) is 8.81. The van der Waals surface area contributed by atoms with E-state index in [-0.39, 0.29) is 17.4 Å². The van der Waals surface area contributed by atoms with E-state index in [4.69, 9.17) is 36.0 Å². The number of hydrogen-bond donors (Lipinski definition) is 0. The monoisotopic (exact) mass is 638 g/mol. The van der Waals surface area contributed by atoms with Crippen molar-refractivity contribution in [2.75, 3.05) is 19.8 Å². The molecule has 13 heteroatoms. The van der Waals surface area contributed by atoms with Crippen molar-refractivity contribution in [2.24, 2.45) is 0 Å². The molecule has 0 aliphatic rings. The zero-order valence-electron chi connectivity index (χ0n) is 26.9. The minimum absolute atomic E-state index is 0.0905. The quantitative estimate of drug-likeness (QED) is 0.263. The summed E-state index contributed by atoms with van der Waals surface area (Å²) in [6, 6.07) is 14.3. The summed E-state index contributed by atoms with van der Waals surface area (Å²) < 4.78 is 44.9. The molecule has 0 fully saturated rings. The first kappa shape index (κ1) is 37.8. The maximum atomic E-state index is 11.5. The van der Waals surface area contributed by atoms with Crippen molar-refractivity contribution in [3.05, 3.63) is 48.5 Å². The Hall–Kier alpha value is -3.24. The Balaban J connectivity index is 0.000000434. The van der Waals surface area contributed by atoms with E-state index in [1.807, 2.05) is 72.7 Å². The first-order valence-electron chi connectivity index (χ1n) is 14.3. The van der Waals surface area contributed by atoms with Gasteiger partial charge in [-0.1, -0.05) is 30.3 Å². The summed E-state index contributed by atoms with van der Waals surface area (Å²) in [6.07, 6.45) is -0.0948. The van der Waals surface area contributed by atoms with Crippen LogP contribution in [0, 0.1) is 0 Å². The van der Waals surface area contributed by atoms with Crippen LogP contribution in [0.25, 0.3) is 0 Å². The molecule has 0 aromatic heterocycles. The van der Waals surface area contributed by atoms with Gasteiger partial charge in [-0.2, -0.15) is 0 Å². The smallest absolute Gasteiger partial charge is 0.491 e. The Morgan fingerprint density at radius 1 is 0.558 bits per heavy atom. The van der Waals surface area contributed by atoms with Crippen molar-refractivity contribution in [1.82, 2.24) is 0 Å². The van der Waals surface area contributed by atoms with Crippen LogP contribution in [-0.4, -0.2) is 67.5 Å². The second-order valence-electron chi connectivity index (χ2n) is 9.52. The van der Waals surface area contributed by atoms with Crippen LogP contribution in [0.15, 0.2) is 48.5 Å². The molecule has 240 valence electrons. The van der Waals surface area contributed by atoms with Gasteiger partial charge in [0.2, 0.25) is 0 Å². The SMILES string of the molecule is CC(=O)O[Si](OC(C)=O)(OC(C)=O)c1ccccc1OC(C)C.CCO[Si](OCC)(OCC)c1ccccc1OC(C)C. The van der Waals surface area contributed by atoms with E-state index in [1.165, 1.54) is 0 Å². The molecule has 43 heavy (non-hydrogen) atoms. The lowest BCUT2D eigenvalue weighted by Crippen LogP contribution is -2.59. The zero-order valence-corrected chi connectivity index (χ0v) is 28.9. The van der Waals surface area contributed by atoms with Gasteiger partial charge in [0, 0.05) is 40.6 Å². The van der Waals surface area contributed by atoms with Gasteiger partial charge in [0.05, 0.1) is 17.4 Å². The number of carbonyl (C=O) groups excluding carboxylic acids is 3. The highest BCUT2D eigenvalue weighted by Gasteiger charge is 2.56. The summed E-state index contributed by atoms with van der Waals surface area (Å²) in [5.41, 5.74) is 0. The van der Waals surface area contributed by atoms with Gasteiger partial charge < -0.3 is 36.0 Å². The Morgan fingerprint density at radius 2 is 0.860 bits per heavy atom. The number of para-hydroxylation sites is 2. The second kappa shape index (κ2) is 18.4. The molecule has 0 saturated heterocycles. The van der Waals surface area contributed by atoms with Gasteiger partial charge in [-0.25, -0.2) is 0 Å². The van der Waals surface area contributed by atoms with Crippen LogP contribution in [0.3, 0.4) is 0 Å². The van der Waals surface area contributed by atoms with E-state index in [2.05, 4.69) is 0 Å². The Kier molecular flexibility index (Phi) is 16.2. The summed E-state index contributed by atoms with van der Waals surface area (Å²) >= 11 is 0. The lowest BCUT2D eigenvalue weighted by atomic mass is 10.3. The molecule has 0 N–H and O–H groups in total. The first-order valence-corrected chi connectivity index (χ1v) is 17.7. The minimum atomic E-state index is -4.15. The summed E-state index contributed by atoms with van der Waals surface area (Å²) in [5, 5.41) is 1.13. The topological polar surface area (TPSA) is 125 Å². The highest BCUT2D eigenvalue weighted by atomic mass is 28.4. The molecule has 0 heterocycles. The molecule has 0 aliphatic carbocycles. The van der Waals surface area contributed by atoms with E-state index in [0.717, 1.165) is 31.7 Å². The van der Waals surface area contributed by atoms with Gasteiger partial charge in [-0.05, 0) is 66.7 Å². The van der Waals surface area contributed by atoms with Crippen molar-refractivity contribution < 1.29 is 50.4 Å². The fourth-order valence-electron chi connectivity index (χ4n) is 3.88. The van der Waals surface area contributed by atoms with Crippen molar-refractivity contribution in [3.8, 4) is 11.5 Å². The maximum absolute atomic E-state index is 11.5.